The third-order valence-corrected chi connectivity index (χ3v) is 4.51. The maximum absolute atomic E-state index is 13.9. The predicted octanol–water partition coefficient (Wildman–Crippen LogP) is 7.15. The van der Waals surface area contributed by atoms with Gasteiger partial charge in [-0.25, -0.2) is 0 Å². The standard InChI is InChI=1S/C27H28F2O/c1-3-5-6-7-8-9-22-10-12-23(13-11-22)16-20-26(28)27(29)21-17-24-14-18-25(19-15-24)30-4-2/h10-15,18-19H,3-9H2,1-2H3/b27-26+. The van der Waals surface area contributed by atoms with Gasteiger partial charge in [0.25, 0.3) is 0 Å². The predicted molar refractivity (Wildman–Crippen MR) is 120 cm³/mol. The number of benzene rings is 2. The first-order valence-corrected chi connectivity index (χ1v) is 10.5. The van der Waals surface area contributed by atoms with Gasteiger partial charge < -0.3 is 4.74 Å². The van der Waals surface area contributed by atoms with Crippen LogP contribution in [0.4, 0.5) is 8.78 Å². The van der Waals surface area contributed by atoms with Crippen LogP contribution in [0.15, 0.2) is 60.2 Å². The van der Waals surface area contributed by atoms with Gasteiger partial charge in [-0.1, -0.05) is 56.6 Å². The summed E-state index contributed by atoms with van der Waals surface area (Å²) in [5, 5.41) is 0. The number of hydrogen-bond donors (Lipinski definition) is 0. The molecule has 0 aliphatic heterocycles. The summed E-state index contributed by atoms with van der Waals surface area (Å²) in [6, 6.07) is 14.5. The zero-order valence-corrected chi connectivity index (χ0v) is 17.7. The second-order valence-corrected chi connectivity index (χ2v) is 6.95. The largest absolute Gasteiger partial charge is 0.494 e. The number of unbranched alkanes of at least 4 members (excludes halogenated alkanes) is 4. The first-order chi connectivity index (χ1) is 14.6. The molecule has 0 aliphatic carbocycles. The molecule has 156 valence electrons. The lowest BCUT2D eigenvalue weighted by Crippen LogP contribution is -1.90. The van der Waals surface area contributed by atoms with E-state index in [-0.39, 0.29) is 0 Å². The molecule has 2 rings (SSSR count). The van der Waals surface area contributed by atoms with E-state index in [1.54, 1.807) is 24.3 Å². The highest BCUT2D eigenvalue weighted by molar-refractivity contribution is 5.46. The van der Waals surface area contributed by atoms with Gasteiger partial charge in [0, 0.05) is 11.1 Å². The van der Waals surface area contributed by atoms with Gasteiger partial charge in [-0.05, 0) is 73.6 Å². The summed E-state index contributed by atoms with van der Waals surface area (Å²) in [7, 11) is 0. The van der Waals surface area contributed by atoms with Crippen molar-refractivity contribution in [3.05, 3.63) is 76.9 Å². The maximum atomic E-state index is 13.9. The van der Waals surface area contributed by atoms with E-state index in [9.17, 15) is 8.78 Å². The van der Waals surface area contributed by atoms with Gasteiger partial charge in [0.2, 0.25) is 11.7 Å². The molecular weight excluding hydrogens is 378 g/mol. The molecule has 0 aromatic heterocycles. The van der Waals surface area contributed by atoms with Crippen LogP contribution in [-0.4, -0.2) is 6.61 Å². The average molecular weight is 407 g/mol. The van der Waals surface area contributed by atoms with Crippen LogP contribution in [0.25, 0.3) is 0 Å². The minimum Gasteiger partial charge on any atom is -0.494 e. The van der Waals surface area contributed by atoms with Crippen molar-refractivity contribution in [2.75, 3.05) is 6.61 Å². The molecule has 0 heterocycles. The molecule has 3 heteroatoms. The van der Waals surface area contributed by atoms with Crippen LogP contribution < -0.4 is 4.74 Å². The zero-order valence-electron chi connectivity index (χ0n) is 17.7. The molecule has 0 amide bonds. The number of halogens is 2. The number of ether oxygens (including phenoxy) is 1. The van der Waals surface area contributed by atoms with E-state index in [4.69, 9.17) is 4.74 Å². The highest BCUT2D eigenvalue weighted by Crippen LogP contribution is 2.13. The summed E-state index contributed by atoms with van der Waals surface area (Å²) in [5.74, 6) is 8.01. The molecule has 0 bridgehead atoms. The number of hydrogen-bond acceptors (Lipinski definition) is 1. The lowest BCUT2D eigenvalue weighted by molar-refractivity contribution is 0.340. The van der Waals surface area contributed by atoms with Crippen molar-refractivity contribution in [1.29, 1.82) is 0 Å². The van der Waals surface area contributed by atoms with Crippen LogP contribution in [0.5, 0.6) is 5.75 Å². The zero-order chi connectivity index (χ0) is 21.6. The van der Waals surface area contributed by atoms with E-state index in [0.29, 0.717) is 23.5 Å². The van der Waals surface area contributed by atoms with Gasteiger partial charge in [0.15, 0.2) is 0 Å². The van der Waals surface area contributed by atoms with Crippen molar-refractivity contribution in [3.8, 4) is 29.4 Å². The SMILES string of the molecule is CCCCCCCc1ccc(C#C/C(F)=C(\F)C#Cc2ccc(OCC)cc2)cc1. The minimum absolute atomic E-state index is 0.564. The third kappa shape index (κ3) is 8.54. The second kappa shape index (κ2) is 13.2. The molecule has 0 radical (unpaired) electrons. The van der Waals surface area contributed by atoms with E-state index in [2.05, 4.69) is 30.6 Å². The summed E-state index contributed by atoms with van der Waals surface area (Å²) in [5.41, 5.74) is 2.45. The normalized spacial score (nSPS) is 10.9. The highest BCUT2D eigenvalue weighted by atomic mass is 19.2. The van der Waals surface area contributed by atoms with Gasteiger partial charge in [0.05, 0.1) is 6.61 Å². The van der Waals surface area contributed by atoms with E-state index in [1.165, 1.54) is 37.7 Å². The smallest absolute Gasteiger partial charge is 0.217 e. The van der Waals surface area contributed by atoms with E-state index >= 15 is 0 Å². The first kappa shape index (κ1) is 23.2. The van der Waals surface area contributed by atoms with E-state index in [1.807, 2.05) is 31.2 Å². The molecule has 0 aliphatic rings. The summed E-state index contributed by atoms with van der Waals surface area (Å²) in [6.07, 6.45) is 7.24. The van der Waals surface area contributed by atoms with Crippen LogP contribution in [0.2, 0.25) is 0 Å². The van der Waals surface area contributed by atoms with Crippen molar-refractivity contribution in [1.82, 2.24) is 0 Å². The molecule has 0 saturated carbocycles. The Morgan fingerprint density at radius 3 is 1.80 bits per heavy atom. The van der Waals surface area contributed by atoms with Crippen LogP contribution in [-0.2, 0) is 6.42 Å². The molecule has 1 nitrogen and oxygen atoms in total. The van der Waals surface area contributed by atoms with Gasteiger partial charge in [-0.15, -0.1) is 0 Å². The van der Waals surface area contributed by atoms with Crippen molar-refractivity contribution in [3.63, 3.8) is 0 Å². The number of allylic oxidation sites excluding steroid dienone is 2. The molecule has 0 unspecified atom stereocenters. The van der Waals surface area contributed by atoms with Crippen LogP contribution in [0, 0.1) is 23.7 Å². The van der Waals surface area contributed by atoms with Gasteiger partial charge in [0.1, 0.15) is 5.75 Å². The van der Waals surface area contributed by atoms with E-state index < -0.39 is 11.7 Å². The quantitative estimate of drug-likeness (QED) is 0.334. The van der Waals surface area contributed by atoms with Crippen molar-refractivity contribution in [2.24, 2.45) is 0 Å². The third-order valence-electron chi connectivity index (χ3n) is 4.51. The Morgan fingerprint density at radius 1 is 0.733 bits per heavy atom. The monoisotopic (exact) mass is 406 g/mol. The first-order valence-electron chi connectivity index (χ1n) is 10.5. The van der Waals surface area contributed by atoms with E-state index in [0.717, 1.165) is 6.42 Å². The molecule has 0 saturated heterocycles. The minimum atomic E-state index is -1.17. The fraction of sp³-hybridized carbons (Fsp3) is 0.333. The summed E-state index contributed by atoms with van der Waals surface area (Å²) >= 11 is 0. The van der Waals surface area contributed by atoms with Crippen LogP contribution >= 0.6 is 0 Å². The highest BCUT2D eigenvalue weighted by Gasteiger charge is 2.00. The summed E-state index contributed by atoms with van der Waals surface area (Å²) in [4.78, 5) is 0. The molecule has 2 aromatic rings. The molecule has 0 fully saturated rings. The Morgan fingerprint density at radius 2 is 1.27 bits per heavy atom. The molecule has 0 atom stereocenters. The lowest BCUT2D eigenvalue weighted by atomic mass is 10.0. The molecule has 2 aromatic carbocycles. The maximum Gasteiger partial charge on any atom is 0.217 e. The lowest BCUT2D eigenvalue weighted by Gasteiger charge is -2.01. The van der Waals surface area contributed by atoms with Gasteiger partial charge >= 0.3 is 0 Å². The van der Waals surface area contributed by atoms with Gasteiger partial charge in [-0.3, -0.25) is 0 Å². The fourth-order valence-corrected chi connectivity index (χ4v) is 2.85. The van der Waals surface area contributed by atoms with Gasteiger partial charge in [-0.2, -0.15) is 8.78 Å². The average Bonchev–Trinajstić information content (AvgIpc) is 2.77. The van der Waals surface area contributed by atoms with Crippen molar-refractivity contribution >= 4 is 0 Å². The molecular formula is C27H28F2O. The van der Waals surface area contributed by atoms with Crippen LogP contribution in [0.1, 0.15) is 62.6 Å². The topological polar surface area (TPSA) is 9.23 Å². The Bertz CT molecular complexity index is 933. The summed E-state index contributed by atoms with van der Waals surface area (Å²) < 4.78 is 33.1. The summed E-state index contributed by atoms with van der Waals surface area (Å²) in [6.45, 7) is 4.66. The Labute approximate surface area is 179 Å². The molecule has 0 N–H and O–H groups in total. The Kier molecular flexibility index (Phi) is 10.3. The Hall–Kier alpha value is -3.04. The Balaban J connectivity index is 1.93. The van der Waals surface area contributed by atoms with Crippen molar-refractivity contribution < 1.29 is 13.5 Å². The number of aryl methyl sites for hydroxylation is 1. The number of rotatable bonds is 8. The fourth-order valence-electron chi connectivity index (χ4n) is 2.85. The molecule has 30 heavy (non-hydrogen) atoms. The van der Waals surface area contributed by atoms with Crippen LogP contribution in [0.3, 0.4) is 0 Å². The van der Waals surface area contributed by atoms with Crippen molar-refractivity contribution in [2.45, 2.75) is 52.4 Å². The molecule has 0 spiro atoms. The second-order valence-electron chi connectivity index (χ2n) is 6.95.